The molecule has 160 valence electrons. The van der Waals surface area contributed by atoms with Gasteiger partial charge in [-0.05, 0) is 89.8 Å². The maximum Gasteiger partial charge on any atom is 0.469 e. The van der Waals surface area contributed by atoms with E-state index < -0.39 is 39.1 Å². The van der Waals surface area contributed by atoms with Crippen LogP contribution in [0.1, 0.15) is 6.92 Å². The second-order valence-corrected chi connectivity index (χ2v) is 5.92. The fourth-order valence-electron chi connectivity index (χ4n) is 1.23. The van der Waals surface area contributed by atoms with Crippen molar-refractivity contribution in [2.75, 3.05) is 13.2 Å². The van der Waals surface area contributed by atoms with Crippen LogP contribution in [0.2, 0.25) is 0 Å². The van der Waals surface area contributed by atoms with Gasteiger partial charge in [0.25, 0.3) is 0 Å². The molecule has 0 spiro atoms. The zero-order valence-electron chi connectivity index (χ0n) is 16.9. The van der Waals surface area contributed by atoms with Gasteiger partial charge in [-0.3, -0.25) is 4.52 Å². The first-order chi connectivity index (χ1) is 15.8. The van der Waals surface area contributed by atoms with E-state index in [0.29, 0.717) is 0 Å². The number of carbonyl (C=O) groups excluding carboxylic acids is 2. The highest BCUT2D eigenvalue weighted by atomic mass is 31.2. The lowest BCUT2D eigenvalue weighted by Crippen LogP contribution is -2.28. The van der Waals surface area contributed by atoms with Crippen LogP contribution in [-0.2, 0) is 28.2 Å². The normalized spacial score (nSPS) is 8.30. The van der Waals surface area contributed by atoms with Gasteiger partial charge in [0.1, 0.15) is 6.61 Å². The van der Waals surface area contributed by atoms with E-state index in [1.54, 1.807) is 6.92 Å². The fraction of sp³-hybridized carbons (Fsp3) is 0.167. The van der Waals surface area contributed by atoms with Crippen molar-refractivity contribution in [3.8, 4) is 107 Å². The molecule has 0 saturated carbocycles. The molecule has 0 unspecified atom stereocenters. The van der Waals surface area contributed by atoms with E-state index in [0.717, 1.165) is 0 Å². The van der Waals surface area contributed by atoms with E-state index in [9.17, 15) is 14.2 Å². The number of phosphoric ester groups is 1. The van der Waals surface area contributed by atoms with Crippen molar-refractivity contribution < 1.29 is 37.9 Å². The minimum absolute atomic E-state index is 0.637. The first-order valence-corrected chi connectivity index (χ1v) is 9.78. The number of terminal acetylenes is 1. The molecule has 33 heavy (non-hydrogen) atoms. The Morgan fingerprint density at radius 3 is 1.79 bits per heavy atom. The third kappa shape index (κ3) is 20.2. The molecule has 1 atom stereocenters. The van der Waals surface area contributed by atoms with Gasteiger partial charge in [-0.25, -0.2) is 14.2 Å². The number of rotatable bonds is 6. The molecule has 9 heteroatoms. The summed E-state index contributed by atoms with van der Waals surface area (Å²) in [6.45, 7) is 0.191. The molecule has 8 nitrogen and oxygen atoms in total. The van der Waals surface area contributed by atoms with E-state index in [2.05, 4.69) is 87.4 Å². The number of phosphoric acid groups is 1. The van der Waals surface area contributed by atoms with Gasteiger partial charge in [0.15, 0.2) is 6.10 Å². The fourth-order valence-corrected chi connectivity index (χ4v) is 1.59. The molecular formula is C24H11O8P. The molecule has 0 saturated heterocycles. The van der Waals surface area contributed by atoms with Crippen molar-refractivity contribution in [1.82, 2.24) is 0 Å². The molecule has 2 N–H and O–H groups in total. The lowest BCUT2D eigenvalue weighted by Gasteiger charge is -2.16. The van der Waals surface area contributed by atoms with Crippen LogP contribution in [0.4, 0.5) is 0 Å². The van der Waals surface area contributed by atoms with Gasteiger partial charge in [0, 0.05) is 11.8 Å². The molecule has 0 aliphatic rings. The van der Waals surface area contributed by atoms with Gasteiger partial charge >= 0.3 is 19.8 Å². The molecule has 0 radical (unpaired) electrons. The molecule has 0 aromatic rings. The standard InChI is InChI=1S/C24H11O8P/c1-3-5-7-9-11-12-13-15-16-18-23(25)30-20-22(21-31-33(27,28)29)32-24(26)19-17-14-10-8-6-4-2/h2,22H,20-21H2,1H3,(H2,27,28,29)/t22-/m1/s1. The van der Waals surface area contributed by atoms with E-state index in [4.69, 9.17) is 25.7 Å². The zero-order chi connectivity index (χ0) is 24.8. The average Bonchev–Trinajstić information content (AvgIpc) is 2.76. The third-order valence-corrected chi connectivity index (χ3v) is 2.80. The molecule has 0 rings (SSSR count). The average molecular weight is 458 g/mol. The summed E-state index contributed by atoms with van der Waals surface area (Å²) >= 11 is 0. The number of hydrogen-bond acceptors (Lipinski definition) is 6. The Labute approximate surface area is 191 Å². The molecule has 0 aromatic carbocycles. The second kappa shape index (κ2) is 17.9. The molecular weight excluding hydrogens is 447 g/mol. The minimum atomic E-state index is -4.88. The molecule has 0 aliphatic heterocycles. The van der Waals surface area contributed by atoms with Crippen molar-refractivity contribution in [3.05, 3.63) is 0 Å². The van der Waals surface area contributed by atoms with Crippen LogP contribution in [-0.4, -0.2) is 41.0 Å². The van der Waals surface area contributed by atoms with Crippen LogP contribution in [0.15, 0.2) is 0 Å². The van der Waals surface area contributed by atoms with Crippen LogP contribution in [0.25, 0.3) is 0 Å². The van der Waals surface area contributed by atoms with Crippen LogP contribution >= 0.6 is 7.82 Å². The highest BCUT2D eigenvalue weighted by Gasteiger charge is 2.22. The highest BCUT2D eigenvalue weighted by Crippen LogP contribution is 2.35. The van der Waals surface area contributed by atoms with E-state index in [1.807, 2.05) is 17.8 Å². The van der Waals surface area contributed by atoms with Crippen molar-refractivity contribution in [1.29, 1.82) is 0 Å². The smallest absolute Gasteiger partial charge is 0.452 e. The van der Waals surface area contributed by atoms with E-state index in [1.165, 1.54) is 0 Å². The highest BCUT2D eigenvalue weighted by molar-refractivity contribution is 7.46. The van der Waals surface area contributed by atoms with Crippen LogP contribution in [0.5, 0.6) is 0 Å². The van der Waals surface area contributed by atoms with Crippen LogP contribution in [0.3, 0.4) is 0 Å². The maximum absolute atomic E-state index is 11.7. The summed E-state index contributed by atoms with van der Waals surface area (Å²) < 4.78 is 24.6. The monoisotopic (exact) mass is 458 g/mol. The van der Waals surface area contributed by atoms with Crippen molar-refractivity contribution in [3.63, 3.8) is 0 Å². The van der Waals surface area contributed by atoms with Gasteiger partial charge in [-0.1, -0.05) is 5.92 Å². The number of esters is 2. The molecule has 0 aromatic heterocycles. The van der Waals surface area contributed by atoms with E-state index in [-0.39, 0.29) is 0 Å². The van der Waals surface area contributed by atoms with E-state index >= 15 is 0 Å². The first-order valence-electron chi connectivity index (χ1n) is 8.25. The predicted molar refractivity (Wildman–Crippen MR) is 116 cm³/mol. The van der Waals surface area contributed by atoms with Gasteiger partial charge in [0.05, 0.1) is 6.61 Å². The Hall–Kier alpha value is -4.91. The summed E-state index contributed by atoms with van der Waals surface area (Å²) in [5.41, 5.74) is 0. The SMILES string of the molecule is C#CC#CC#CC#CC(=O)O[C@H](COC(=O)C#CC#CC#CC#CC#CC)COP(=O)(O)O. The Balaban J connectivity index is 4.96. The minimum Gasteiger partial charge on any atom is -0.452 e. The molecule has 0 bridgehead atoms. The largest absolute Gasteiger partial charge is 0.469 e. The van der Waals surface area contributed by atoms with Crippen LogP contribution < -0.4 is 0 Å². The topological polar surface area (TPSA) is 119 Å². The number of ether oxygens (including phenoxy) is 2. The Bertz CT molecular complexity index is 1350. The van der Waals surface area contributed by atoms with Crippen molar-refractivity contribution in [2.24, 2.45) is 0 Å². The first kappa shape index (κ1) is 28.1. The summed E-state index contributed by atoms with van der Waals surface area (Å²) in [6, 6.07) is 0. The molecule has 0 amide bonds. The van der Waals surface area contributed by atoms with Crippen molar-refractivity contribution in [2.45, 2.75) is 13.0 Å². The Morgan fingerprint density at radius 2 is 1.27 bits per heavy atom. The van der Waals surface area contributed by atoms with Gasteiger partial charge in [-0.2, -0.15) is 0 Å². The molecule has 0 aliphatic carbocycles. The summed E-state index contributed by atoms with van der Waals surface area (Å²) in [5.74, 6) is 36.2. The van der Waals surface area contributed by atoms with Gasteiger partial charge in [0.2, 0.25) is 0 Å². The lowest BCUT2D eigenvalue weighted by molar-refractivity contribution is -0.153. The van der Waals surface area contributed by atoms with Crippen molar-refractivity contribution >= 4 is 19.8 Å². The summed E-state index contributed by atoms with van der Waals surface area (Å²) in [5, 5.41) is 0. The quantitative estimate of drug-likeness (QED) is 0.231. The van der Waals surface area contributed by atoms with Gasteiger partial charge in [-0.15, -0.1) is 6.42 Å². The molecule has 0 fully saturated rings. The number of carbonyl (C=O) groups is 2. The maximum atomic E-state index is 11.7. The summed E-state index contributed by atoms with van der Waals surface area (Å²) in [6.07, 6.45) is 3.49. The Kier molecular flexibility index (Phi) is 15.2. The summed E-state index contributed by atoms with van der Waals surface area (Å²) in [7, 11) is -4.88. The van der Waals surface area contributed by atoms with Crippen LogP contribution in [0, 0.1) is 107 Å². The predicted octanol–water partition coefficient (Wildman–Crippen LogP) is -0.769. The second-order valence-electron chi connectivity index (χ2n) is 4.68. The zero-order valence-corrected chi connectivity index (χ0v) is 17.8. The van der Waals surface area contributed by atoms with Gasteiger partial charge < -0.3 is 19.3 Å². The summed E-state index contributed by atoms with van der Waals surface area (Å²) in [4.78, 5) is 40.8. The third-order valence-electron chi connectivity index (χ3n) is 2.32. The number of hydrogen-bond donors (Lipinski definition) is 2. The lowest BCUT2D eigenvalue weighted by atomic mass is 10.4. The Morgan fingerprint density at radius 1 is 0.788 bits per heavy atom. The molecule has 0 heterocycles.